The van der Waals surface area contributed by atoms with Gasteiger partial charge in [-0.15, -0.1) is 0 Å². The van der Waals surface area contributed by atoms with Crippen LogP contribution in [0.15, 0.2) is 12.2 Å². The highest BCUT2D eigenvalue weighted by Crippen LogP contribution is 2.46. The average Bonchev–Trinajstić information content (AvgIpc) is 2.86. The summed E-state index contributed by atoms with van der Waals surface area (Å²) in [5.41, 5.74) is 0. The fraction of sp³-hybridized carbons (Fsp3) is 0.800. The first kappa shape index (κ1) is 14.7. The van der Waals surface area contributed by atoms with Gasteiger partial charge in [-0.05, 0) is 30.6 Å². The Kier molecular flexibility index (Phi) is 3.41. The molecule has 3 atom stereocenters. The molecule has 2 aliphatic rings. The second-order valence-corrected chi connectivity index (χ2v) is 6.21. The number of halogens is 5. The van der Waals surface area contributed by atoms with Crippen LogP contribution < -0.4 is 0 Å². The van der Waals surface area contributed by atoms with Crippen molar-refractivity contribution in [1.29, 1.82) is 0 Å². The summed E-state index contributed by atoms with van der Waals surface area (Å²) in [7, 11) is -6.74. The van der Waals surface area contributed by atoms with E-state index in [1.807, 2.05) is 6.08 Å². The Balaban J connectivity index is 2.00. The fourth-order valence-corrected chi connectivity index (χ4v) is 2.87. The minimum Gasteiger partial charge on any atom is -0.314 e. The first-order valence-corrected chi connectivity index (χ1v) is 6.95. The lowest BCUT2D eigenvalue weighted by Crippen LogP contribution is -2.48. The SMILES string of the molecule is O=S(=O)(F)C(F)(F)C(F)(F)OCC1C[C@H]2C=C[C@H]1C2. The number of fused-ring (bicyclic) bond motifs is 2. The summed E-state index contributed by atoms with van der Waals surface area (Å²) >= 11 is 0. The maximum absolute atomic E-state index is 13.0. The minimum absolute atomic E-state index is 0.0311. The standard InChI is InChI=1S/C10H11F5O3S/c11-9(12,10(13,14)19(15,16)17)18-5-8-4-6-1-2-7(8)3-6/h1-2,6-8H,3-5H2/t6-,7-,8?/m0/s1. The van der Waals surface area contributed by atoms with E-state index in [1.54, 1.807) is 6.08 Å². The van der Waals surface area contributed by atoms with Crippen molar-refractivity contribution < 1.29 is 34.6 Å². The molecule has 2 bridgehead atoms. The van der Waals surface area contributed by atoms with Gasteiger partial charge in [0.05, 0.1) is 6.61 Å². The van der Waals surface area contributed by atoms with Crippen molar-refractivity contribution in [2.24, 2.45) is 17.8 Å². The molecule has 0 aliphatic heterocycles. The first-order valence-electron chi connectivity index (χ1n) is 5.57. The third-order valence-corrected chi connectivity index (χ3v) is 4.39. The van der Waals surface area contributed by atoms with Crippen LogP contribution in [0.2, 0.25) is 0 Å². The van der Waals surface area contributed by atoms with Gasteiger partial charge >= 0.3 is 21.6 Å². The zero-order valence-corrected chi connectivity index (χ0v) is 10.3. The van der Waals surface area contributed by atoms with Gasteiger partial charge in [0, 0.05) is 0 Å². The van der Waals surface area contributed by atoms with Crippen LogP contribution in [0.25, 0.3) is 0 Å². The Morgan fingerprint density at radius 2 is 1.79 bits per heavy atom. The molecule has 0 amide bonds. The molecule has 0 heterocycles. The van der Waals surface area contributed by atoms with E-state index in [-0.39, 0.29) is 17.8 Å². The Morgan fingerprint density at radius 1 is 1.16 bits per heavy atom. The monoisotopic (exact) mass is 306 g/mol. The maximum Gasteiger partial charge on any atom is 0.464 e. The van der Waals surface area contributed by atoms with Crippen LogP contribution in [-0.2, 0) is 15.0 Å². The molecule has 2 rings (SSSR count). The molecule has 1 unspecified atom stereocenters. The maximum atomic E-state index is 13.0. The van der Waals surface area contributed by atoms with Gasteiger partial charge in [-0.25, -0.2) is 0 Å². The summed E-state index contributed by atoms with van der Waals surface area (Å²) in [5, 5.41) is -5.88. The summed E-state index contributed by atoms with van der Waals surface area (Å²) in [5.74, 6) is -0.187. The molecule has 0 aromatic heterocycles. The van der Waals surface area contributed by atoms with Gasteiger partial charge in [0.25, 0.3) is 0 Å². The molecule has 1 saturated carbocycles. The van der Waals surface area contributed by atoms with Crippen LogP contribution >= 0.6 is 0 Å². The summed E-state index contributed by atoms with van der Waals surface area (Å²) in [6, 6.07) is 0. The molecule has 1 fully saturated rings. The molecule has 0 aromatic carbocycles. The normalized spacial score (nSPS) is 31.1. The van der Waals surface area contributed by atoms with E-state index in [9.17, 15) is 29.9 Å². The highest BCUT2D eigenvalue weighted by molar-refractivity contribution is 7.87. The Morgan fingerprint density at radius 3 is 2.21 bits per heavy atom. The van der Waals surface area contributed by atoms with E-state index < -0.39 is 28.2 Å². The van der Waals surface area contributed by atoms with Gasteiger partial charge < -0.3 is 4.74 Å². The van der Waals surface area contributed by atoms with Gasteiger partial charge in [0.15, 0.2) is 0 Å². The third kappa shape index (κ3) is 2.49. The zero-order chi connectivity index (χ0) is 14.5. The Hall–Kier alpha value is -0.700. The van der Waals surface area contributed by atoms with Crippen LogP contribution in [-0.4, -0.2) is 26.4 Å². The van der Waals surface area contributed by atoms with Crippen molar-refractivity contribution in [2.45, 2.75) is 24.2 Å². The van der Waals surface area contributed by atoms with Crippen LogP contribution in [0, 0.1) is 17.8 Å². The first-order chi connectivity index (χ1) is 8.54. The predicted octanol–water partition coefficient (Wildman–Crippen LogP) is 2.70. The Labute approximate surface area is 106 Å². The fourth-order valence-electron chi connectivity index (χ4n) is 2.52. The van der Waals surface area contributed by atoms with Crippen molar-refractivity contribution in [3.63, 3.8) is 0 Å². The van der Waals surface area contributed by atoms with E-state index in [4.69, 9.17) is 0 Å². The van der Waals surface area contributed by atoms with Crippen molar-refractivity contribution >= 4 is 10.2 Å². The van der Waals surface area contributed by atoms with Gasteiger partial charge in [-0.1, -0.05) is 16.0 Å². The number of hydrogen-bond donors (Lipinski definition) is 0. The molecular weight excluding hydrogens is 295 g/mol. The van der Waals surface area contributed by atoms with Crippen LogP contribution in [0.4, 0.5) is 21.4 Å². The highest BCUT2D eigenvalue weighted by Gasteiger charge is 2.68. The molecule has 0 N–H and O–H groups in total. The molecule has 0 spiro atoms. The molecule has 0 aromatic rings. The van der Waals surface area contributed by atoms with Crippen LogP contribution in [0.1, 0.15) is 12.8 Å². The summed E-state index contributed by atoms with van der Waals surface area (Å²) < 4.78 is 87.4. The predicted molar refractivity (Wildman–Crippen MR) is 54.7 cm³/mol. The van der Waals surface area contributed by atoms with Gasteiger partial charge in [0.1, 0.15) is 0 Å². The quantitative estimate of drug-likeness (QED) is 0.445. The number of alkyl halides is 4. The van der Waals surface area contributed by atoms with Gasteiger partial charge in [-0.2, -0.15) is 26.0 Å². The molecule has 9 heteroatoms. The number of ether oxygens (including phenoxy) is 1. The zero-order valence-electron chi connectivity index (χ0n) is 9.53. The average molecular weight is 306 g/mol. The molecule has 0 saturated heterocycles. The molecular formula is C10H11F5O3S. The van der Waals surface area contributed by atoms with Crippen LogP contribution in [0.3, 0.4) is 0 Å². The molecule has 3 nitrogen and oxygen atoms in total. The Bertz CT molecular complexity index is 487. The lowest BCUT2D eigenvalue weighted by Gasteiger charge is -2.25. The topological polar surface area (TPSA) is 43.4 Å². The second kappa shape index (κ2) is 4.41. The third-order valence-electron chi connectivity index (χ3n) is 3.54. The van der Waals surface area contributed by atoms with Crippen LogP contribution in [0.5, 0.6) is 0 Å². The van der Waals surface area contributed by atoms with Crippen molar-refractivity contribution in [3.8, 4) is 0 Å². The number of rotatable bonds is 5. The van der Waals surface area contributed by atoms with E-state index >= 15 is 0 Å². The lowest BCUT2D eigenvalue weighted by atomic mass is 9.95. The highest BCUT2D eigenvalue weighted by atomic mass is 32.3. The smallest absolute Gasteiger partial charge is 0.314 e. The van der Waals surface area contributed by atoms with Gasteiger partial charge in [-0.3, -0.25) is 0 Å². The van der Waals surface area contributed by atoms with Crippen molar-refractivity contribution in [3.05, 3.63) is 12.2 Å². The molecule has 0 radical (unpaired) electrons. The summed E-state index contributed by atoms with van der Waals surface area (Å²) in [6.07, 6.45) is -0.404. The van der Waals surface area contributed by atoms with Crippen molar-refractivity contribution in [1.82, 2.24) is 0 Å². The van der Waals surface area contributed by atoms with E-state index in [0.29, 0.717) is 6.42 Å². The second-order valence-electron chi connectivity index (χ2n) is 4.82. The molecule has 2 aliphatic carbocycles. The van der Waals surface area contributed by atoms with Crippen molar-refractivity contribution in [2.75, 3.05) is 6.61 Å². The summed E-state index contributed by atoms with van der Waals surface area (Å²) in [6.45, 7) is -0.733. The number of hydrogen-bond acceptors (Lipinski definition) is 3. The molecule has 19 heavy (non-hydrogen) atoms. The van der Waals surface area contributed by atoms with E-state index in [1.165, 1.54) is 0 Å². The number of allylic oxidation sites excluding steroid dienone is 2. The van der Waals surface area contributed by atoms with E-state index in [0.717, 1.165) is 6.42 Å². The lowest BCUT2D eigenvalue weighted by molar-refractivity contribution is -0.321. The van der Waals surface area contributed by atoms with E-state index in [2.05, 4.69) is 4.74 Å². The minimum atomic E-state index is -6.74. The molecule has 110 valence electrons. The summed E-state index contributed by atoms with van der Waals surface area (Å²) in [4.78, 5) is 0. The largest absolute Gasteiger partial charge is 0.464 e. The van der Waals surface area contributed by atoms with Gasteiger partial charge in [0.2, 0.25) is 0 Å².